The molecular weight excluding hydrogens is 258 g/mol. The van der Waals surface area contributed by atoms with E-state index in [1.807, 2.05) is 4.90 Å². The van der Waals surface area contributed by atoms with Crippen LogP contribution in [0.1, 0.15) is 17.3 Å². The standard InChI is InChI=1S/C14H19N3O3/c1-3-20-14(19)10-4-5-11(15)12(8-10)17-7-6-16(2)13(18)9-17/h4-5,8H,3,6-7,9,15H2,1-2H3. The fourth-order valence-electron chi connectivity index (χ4n) is 2.12. The Morgan fingerprint density at radius 1 is 1.40 bits per heavy atom. The molecule has 6 nitrogen and oxygen atoms in total. The number of hydrogen-bond acceptors (Lipinski definition) is 5. The molecule has 0 bridgehead atoms. The molecule has 1 aliphatic rings. The topological polar surface area (TPSA) is 75.9 Å². The van der Waals surface area contributed by atoms with E-state index in [1.165, 1.54) is 0 Å². The molecule has 0 aliphatic carbocycles. The van der Waals surface area contributed by atoms with Gasteiger partial charge < -0.3 is 20.3 Å². The van der Waals surface area contributed by atoms with Crippen LogP contribution in [-0.2, 0) is 9.53 Å². The minimum Gasteiger partial charge on any atom is -0.462 e. The summed E-state index contributed by atoms with van der Waals surface area (Å²) < 4.78 is 4.97. The van der Waals surface area contributed by atoms with Gasteiger partial charge in [-0.05, 0) is 25.1 Å². The van der Waals surface area contributed by atoms with Gasteiger partial charge in [0.05, 0.1) is 30.1 Å². The summed E-state index contributed by atoms with van der Waals surface area (Å²) in [5.74, 6) is -0.341. The Bertz CT molecular complexity index is 530. The molecule has 0 aromatic heterocycles. The van der Waals surface area contributed by atoms with Crippen LogP contribution in [0.2, 0.25) is 0 Å². The molecule has 1 fully saturated rings. The molecule has 0 saturated carbocycles. The van der Waals surface area contributed by atoms with Gasteiger partial charge in [0.2, 0.25) is 5.91 Å². The predicted molar refractivity (Wildman–Crippen MR) is 76.7 cm³/mol. The highest BCUT2D eigenvalue weighted by Gasteiger charge is 2.23. The molecule has 1 heterocycles. The summed E-state index contributed by atoms with van der Waals surface area (Å²) in [6.45, 7) is 3.69. The molecule has 1 aromatic carbocycles. The highest BCUT2D eigenvalue weighted by atomic mass is 16.5. The van der Waals surface area contributed by atoms with Gasteiger partial charge in [-0.2, -0.15) is 0 Å². The first-order chi connectivity index (χ1) is 9.52. The maximum Gasteiger partial charge on any atom is 0.338 e. The number of nitrogens with two attached hydrogens (primary N) is 1. The van der Waals surface area contributed by atoms with Crippen LogP contribution in [-0.4, -0.2) is 50.1 Å². The number of benzene rings is 1. The second-order valence-electron chi connectivity index (χ2n) is 4.73. The molecule has 1 amide bonds. The molecule has 20 heavy (non-hydrogen) atoms. The maximum absolute atomic E-state index is 11.8. The van der Waals surface area contributed by atoms with Crippen LogP contribution in [0.15, 0.2) is 18.2 Å². The van der Waals surface area contributed by atoms with E-state index in [0.29, 0.717) is 36.6 Å². The number of ether oxygens (including phenoxy) is 1. The Morgan fingerprint density at radius 2 is 2.15 bits per heavy atom. The Labute approximate surface area is 118 Å². The zero-order valence-electron chi connectivity index (χ0n) is 11.8. The zero-order chi connectivity index (χ0) is 14.7. The van der Waals surface area contributed by atoms with E-state index in [-0.39, 0.29) is 18.4 Å². The van der Waals surface area contributed by atoms with Gasteiger partial charge in [-0.25, -0.2) is 4.79 Å². The number of esters is 1. The van der Waals surface area contributed by atoms with E-state index in [1.54, 1.807) is 37.1 Å². The van der Waals surface area contributed by atoms with Crippen molar-refractivity contribution in [3.63, 3.8) is 0 Å². The molecular formula is C14H19N3O3. The van der Waals surface area contributed by atoms with Crippen molar-refractivity contribution >= 4 is 23.3 Å². The third-order valence-electron chi connectivity index (χ3n) is 3.34. The summed E-state index contributed by atoms with van der Waals surface area (Å²) in [6.07, 6.45) is 0. The normalized spacial score (nSPS) is 15.4. The summed E-state index contributed by atoms with van der Waals surface area (Å²) >= 11 is 0. The summed E-state index contributed by atoms with van der Waals surface area (Å²) in [7, 11) is 1.78. The Morgan fingerprint density at radius 3 is 2.80 bits per heavy atom. The molecule has 2 rings (SSSR count). The largest absolute Gasteiger partial charge is 0.462 e. The smallest absolute Gasteiger partial charge is 0.338 e. The SMILES string of the molecule is CCOC(=O)c1ccc(N)c(N2CCN(C)C(=O)C2)c1. The molecule has 0 atom stereocenters. The number of hydrogen-bond donors (Lipinski definition) is 1. The minimum absolute atomic E-state index is 0.0391. The van der Waals surface area contributed by atoms with Crippen molar-refractivity contribution in [2.45, 2.75) is 6.92 Å². The lowest BCUT2D eigenvalue weighted by molar-refractivity contribution is -0.129. The number of nitrogen functional groups attached to an aromatic ring is 1. The Balaban J connectivity index is 2.25. The molecule has 108 valence electrons. The van der Waals surface area contributed by atoms with Gasteiger partial charge in [0.25, 0.3) is 0 Å². The molecule has 1 aliphatic heterocycles. The molecule has 0 spiro atoms. The van der Waals surface area contributed by atoms with E-state index in [9.17, 15) is 9.59 Å². The minimum atomic E-state index is -0.380. The van der Waals surface area contributed by atoms with Gasteiger partial charge in [0, 0.05) is 20.1 Å². The Hall–Kier alpha value is -2.24. The summed E-state index contributed by atoms with van der Waals surface area (Å²) in [5, 5.41) is 0. The van der Waals surface area contributed by atoms with Gasteiger partial charge in [-0.1, -0.05) is 0 Å². The first-order valence-electron chi connectivity index (χ1n) is 6.58. The molecule has 6 heteroatoms. The lowest BCUT2D eigenvalue weighted by Crippen LogP contribution is -2.48. The van der Waals surface area contributed by atoms with E-state index in [4.69, 9.17) is 10.5 Å². The highest BCUT2D eigenvalue weighted by molar-refractivity contribution is 5.93. The summed E-state index contributed by atoms with van der Waals surface area (Å²) in [4.78, 5) is 27.1. The lowest BCUT2D eigenvalue weighted by atomic mass is 10.1. The summed E-state index contributed by atoms with van der Waals surface area (Å²) in [5.41, 5.74) is 7.66. The van der Waals surface area contributed by atoms with Gasteiger partial charge in [-0.15, -0.1) is 0 Å². The van der Waals surface area contributed by atoms with Gasteiger partial charge >= 0.3 is 5.97 Å². The molecule has 1 saturated heterocycles. The average molecular weight is 277 g/mol. The number of carbonyl (C=O) groups excluding carboxylic acids is 2. The predicted octanol–water partition coefficient (Wildman–Crippen LogP) is 0.724. The molecule has 2 N–H and O–H groups in total. The Kier molecular flexibility index (Phi) is 4.12. The number of nitrogens with zero attached hydrogens (tertiary/aromatic N) is 2. The molecule has 1 aromatic rings. The van der Waals surface area contributed by atoms with Crippen molar-refractivity contribution in [1.82, 2.24) is 4.90 Å². The van der Waals surface area contributed by atoms with Crippen LogP contribution in [0.3, 0.4) is 0 Å². The monoisotopic (exact) mass is 277 g/mol. The van der Waals surface area contributed by atoms with Crippen molar-refractivity contribution in [1.29, 1.82) is 0 Å². The fourth-order valence-corrected chi connectivity index (χ4v) is 2.12. The number of amides is 1. The second kappa shape index (κ2) is 5.81. The van der Waals surface area contributed by atoms with Crippen molar-refractivity contribution in [3.8, 4) is 0 Å². The third-order valence-corrected chi connectivity index (χ3v) is 3.34. The van der Waals surface area contributed by atoms with Gasteiger partial charge in [0.1, 0.15) is 0 Å². The van der Waals surface area contributed by atoms with Crippen molar-refractivity contribution in [2.24, 2.45) is 0 Å². The van der Waals surface area contributed by atoms with Crippen LogP contribution in [0.4, 0.5) is 11.4 Å². The maximum atomic E-state index is 11.8. The van der Waals surface area contributed by atoms with E-state index in [2.05, 4.69) is 0 Å². The van der Waals surface area contributed by atoms with Crippen molar-refractivity contribution < 1.29 is 14.3 Å². The first kappa shape index (κ1) is 14.2. The van der Waals surface area contributed by atoms with E-state index >= 15 is 0 Å². The summed E-state index contributed by atoms with van der Waals surface area (Å²) in [6, 6.07) is 4.99. The van der Waals surface area contributed by atoms with Crippen LogP contribution < -0.4 is 10.6 Å². The molecule has 0 unspecified atom stereocenters. The number of rotatable bonds is 3. The lowest BCUT2D eigenvalue weighted by Gasteiger charge is -2.34. The second-order valence-corrected chi connectivity index (χ2v) is 4.73. The highest BCUT2D eigenvalue weighted by Crippen LogP contribution is 2.26. The van der Waals surface area contributed by atoms with Crippen molar-refractivity contribution in [3.05, 3.63) is 23.8 Å². The average Bonchev–Trinajstić information content (AvgIpc) is 2.43. The third kappa shape index (κ3) is 2.84. The first-order valence-corrected chi connectivity index (χ1v) is 6.58. The number of likely N-dealkylation sites (N-methyl/N-ethyl adjacent to an activating group) is 1. The van der Waals surface area contributed by atoms with Crippen LogP contribution >= 0.6 is 0 Å². The zero-order valence-corrected chi connectivity index (χ0v) is 11.8. The van der Waals surface area contributed by atoms with Crippen LogP contribution in [0, 0.1) is 0 Å². The number of carbonyl (C=O) groups is 2. The number of piperazine rings is 1. The van der Waals surface area contributed by atoms with Gasteiger partial charge in [-0.3, -0.25) is 4.79 Å². The number of anilines is 2. The quantitative estimate of drug-likeness (QED) is 0.651. The fraction of sp³-hybridized carbons (Fsp3) is 0.429. The van der Waals surface area contributed by atoms with E-state index < -0.39 is 0 Å². The molecule has 0 radical (unpaired) electrons. The van der Waals surface area contributed by atoms with Crippen molar-refractivity contribution in [2.75, 3.05) is 43.9 Å². The van der Waals surface area contributed by atoms with E-state index in [0.717, 1.165) is 0 Å². The van der Waals surface area contributed by atoms with Crippen LogP contribution in [0.5, 0.6) is 0 Å². The van der Waals surface area contributed by atoms with Crippen LogP contribution in [0.25, 0.3) is 0 Å². The van der Waals surface area contributed by atoms with Gasteiger partial charge in [0.15, 0.2) is 0 Å².